The molecule has 0 saturated heterocycles. The predicted molar refractivity (Wildman–Crippen MR) is 240 cm³/mol. The standard InChI is InChI=1S/C54H33N3/c1-3-13-38-31-40(27-21-34(38)11-1)41-29-30-48-47(33-41)54-56-49-19-9-10-20-50(49)57(54)53(55-48)37-25-23-36(24-26-37)51-43-15-5-7-17-45(43)52(46-18-8-6-16-44(46)51)42-28-22-35-12-2-4-14-39(35)32-42/h1-33H. The maximum absolute atomic E-state index is 5.37. The van der Waals surface area contributed by atoms with Crippen LogP contribution in [0.3, 0.4) is 0 Å². The summed E-state index contributed by atoms with van der Waals surface area (Å²) in [7, 11) is 0. The maximum atomic E-state index is 5.37. The Balaban J connectivity index is 1.03. The lowest BCUT2D eigenvalue weighted by Crippen LogP contribution is -1.98. The first-order valence-electron chi connectivity index (χ1n) is 19.5. The summed E-state index contributed by atoms with van der Waals surface area (Å²) in [6.07, 6.45) is 0. The van der Waals surface area contributed by atoms with Crippen LogP contribution in [0.15, 0.2) is 200 Å². The highest BCUT2D eigenvalue weighted by molar-refractivity contribution is 6.21. The first-order chi connectivity index (χ1) is 28.2. The van der Waals surface area contributed by atoms with Gasteiger partial charge in [0.25, 0.3) is 0 Å². The molecule has 0 unspecified atom stereocenters. The minimum Gasteiger partial charge on any atom is -0.276 e. The molecule has 0 N–H and O–H groups in total. The molecular formula is C54H33N3. The molecule has 0 bridgehead atoms. The van der Waals surface area contributed by atoms with Crippen LogP contribution in [0.5, 0.6) is 0 Å². The van der Waals surface area contributed by atoms with Crippen LogP contribution in [0, 0.1) is 0 Å². The van der Waals surface area contributed by atoms with Gasteiger partial charge in [-0.2, -0.15) is 0 Å². The number of benzene rings is 10. The molecule has 0 aliphatic heterocycles. The van der Waals surface area contributed by atoms with Crippen LogP contribution in [0.1, 0.15) is 0 Å². The lowest BCUT2D eigenvalue weighted by atomic mass is 9.85. The lowest BCUT2D eigenvalue weighted by Gasteiger charge is -2.18. The average Bonchev–Trinajstić information content (AvgIpc) is 3.68. The Labute approximate surface area is 328 Å². The fourth-order valence-electron chi connectivity index (χ4n) is 9.02. The van der Waals surface area contributed by atoms with Crippen molar-refractivity contribution < 1.29 is 0 Å². The number of fused-ring (bicyclic) bond motifs is 9. The van der Waals surface area contributed by atoms with E-state index < -0.39 is 0 Å². The highest BCUT2D eigenvalue weighted by Crippen LogP contribution is 2.44. The summed E-state index contributed by atoms with van der Waals surface area (Å²) in [6.45, 7) is 0. The summed E-state index contributed by atoms with van der Waals surface area (Å²) >= 11 is 0. The normalized spacial score (nSPS) is 11.9. The predicted octanol–water partition coefficient (Wildman–Crippen LogP) is 14.3. The second-order valence-corrected chi connectivity index (χ2v) is 15.0. The van der Waals surface area contributed by atoms with Gasteiger partial charge in [0.05, 0.1) is 16.6 Å². The molecule has 0 spiro atoms. The van der Waals surface area contributed by atoms with Crippen molar-refractivity contribution in [3.63, 3.8) is 0 Å². The van der Waals surface area contributed by atoms with E-state index in [0.29, 0.717) is 0 Å². The van der Waals surface area contributed by atoms with Gasteiger partial charge in [-0.1, -0.05) is 164 Å². The zero-order valence-corrected chi connectivity index (χ0v) is 30.9. The highest BCUT2D eigenvalue weighted by atomic mass is 15.1. The molecule has 0 fully saturated rings. The average molecular weight is 724 g/mol. The fourth-order valence-corrected chi connectivity index (χ4v) is 9.02. The van der Waals surface area contributed by atoms with Crippen LogP contribution in [-0.4, -0.2) is 14.4 Å². The number of rotatable bonds is 4. The first-order valence-corrected chi connectivity index (χ1v) is 19.5. The second kappa shape index (κ2) is 12.5. The van der Waals surface area contributed by atoms with Crippen molar-refractivity contribution >= 4 is 70.7 Å². The van der Waals surface area contributed by atoms with Crippen LogP contribution >= 0.6 is 0 Å². The summed E-state index contributed by atoms with van der Waals surface area (Å²) in [5.41, 5.74) is 12.1. The van der Waals surface area contributed by atoms with Crippen LogP contribution in [0.2, 0.25) is 0 Å². The molecule has 3 nitrogen and oxygen atoms in total. The van der Waals surface area contributed by atoms with E-state index in [9.17, 15) is 0 Å². The Hall–Kier alpha value is -7.62. The van der Waals surface area contributed by atoms with Gasteiger partial charge >= 0.3 is 0 Å². The van der Waals surface area contributed by atoms with E-state index in [0.717, 1.165) is 44.5 Å². The van der Waals surface area contributed by atoms with E-state index in [1.807, 2.05) is 0 Å². The quantitative estimate of drug-likeness (QED) is 0.169. The van der Waals surface area contributed by atoms with Gasteiger partial charge in [-0.25, -0.2) is 9.97 Å². The van der Waals surface area contributed by atoms with Gasteiger partial charge in [-0.05, 0) is 113 Å². The van der Waals surface area contributed by atoms with E-state index in [4.69, 9.17) is 9.97 Å². The van der Waals surface area contributed by atoms with Gasteiger partial charge in [0, 0.05) is 10.9 Å². The number of hydrogen-bond donors (Lipinski definition) is 0. The van der Waals surface area contributed by atoms with Crippen molar-refractivity contribution in [2.75, 3.05) is 0 Å². The molecule has 3 heteroatoms. The van der Waals surface area contributed by atoms with Crippen LogP contribution in [0.4, 0.5) is 0 Å². The van der Waals surface area contributed by atoms with Gasteiger partial charge in [-0.15, -0.1) is 0 Å². The van der Waals surface area contributed by atoms with Crippen molar-refractivity contribution in [1.29, 1.82) is 0 Å². The molecule has 2 aromatic heterocycles. The molecular weight excluding hydrogens is 691 g/mol. The number of nitrogens with zero attached hydrogens (tertiary/aromatic N) is 3. The monoisotopic (exact) mass is 723 g/mol. The maximum Gasteiger partial charge on any atom is 0.149 e. The van der Waals surface area contributed by atoms with Crippen LogP contribution < -0.4 is 0 Å². The smallest absolute Gasteiger partial charge is 0.149 e. The van der Waals surface area contributed by atoms with Crippen molar-refractivity contribution in [3.05, 3.63) is 200 Å². The largest absolute Gasteiger partial charge is 0.276 e. The summed E-state index contributed by atoms with van der Waals surface area (Å²) < 4.78 is 2.24. The van der Waals surface area contributed by atoms with Crippen molar-refractivity contribution in [3.8, 4) is 44.8 Å². The molecule has 0 radical (unpaired) electrons. The van der Waals surface area contributed by atoms with E-state index in [-0.39, 0.29) is 0 Å². The third kappa shape index (κ3) is 4.99. The Kier molecular flexibility index (Phi) is 6.93. The number of para-hydroxylation sites is 2. The first kappa shape index (κ1) is 31.7. The van der Waals surface area contributed by atoms with Gasteiger partial charge in [0.1, 0.15) is 11.5 Å². The minimum absolute atomic E-state index is 0.873. The van der Waals surface area contributed by atoms with Crippen molar-refractivity contribution in [2.24, 2.45) is 0 Å². The Morgan fingerprint density at radius 1 is 0.298 bits per heavy atom. The van der Waals surface area contributed by atoms with Crippen LogP contribution in [-0.2, 0) is 0 Å². The van der Waals surface area contributed by atoms with Gasteiger partial charge < -0.3 is 0 Å². The second-order valence-electron chi connectivity index (χ2n) is 15.0. The van der Waals surface area contributed by atoms with E-state index >= 15 is 0 Å². The minimum atomic E-state index is 0.873. The molecule has 0 saturated carbocycles. The number of aromatic nitrogens is 3. The molecule has 0 atom stereocenters. The molecule has 0 aliphatic rings. The van der Waals surface area contributed by atoms with Gasteiger partial charge in [0.2, 0.25) is 0 Å². The Bertz CT molecular complexity index is 3520. The lowest BCUT2D eigenvalue weighted by molar-refractivity contribution is 1.16. The SMILES string of the molecule is c1ccc2cc(-c3ccc4nc(-c5ccc(-c6c7ccccc7c(-c7ccc8ccccc8c7)c7ccccc67)cc5)n5c6ccccc6nc5c4c3)ccc2c1. The third-order valence-electron chi connectivity index (χ3n) is 11.7. The summed E-state index contributed by atoms with van der Waals surface area (Å²) in [5.74, 6) is 0.873. The highest BCUT2D eigenvalue weighted by Gasteiger charge is 2.19. The van der Waals surface area contributed by atoms with E-state index in [1.165, 1.54) is 70.9 Å². The zero-order chi connectivity index (χ0) is 37.5. The topological polar surface area (TPSA) is 30.2 Å². The van der Waals surface area contributed by atoms with Crippen molar-refractivity contribution in [1.82, 2.24) is 14.4 Å². The molecule has 57 heavy (non-hydrogen) atoms. The summed E-state index contributed by atoms with van der Waals surface area (Å²) in [5, 5.41) is 11.0. The number of hydrogen-bond acceptors (Lipinski definition) is 2. The molecule has 264 valence electrons. The Morgan fingerprint density at radius 3 is 1.44 bits per heavy atom. The summed E-state index contributed by atoms with van der Waals surface area (Å²) in [6, 6.07) is 72.3. The molecule has 0 aliphatic carbocycles. The van der Waals surface area contributed by atoms with Gasteiger partial charge in [-0.3, -0.25) is 4.40 Å². The molecule has 12 aromatic rings. The Morgan fingerprint density at radius 2 is 0.772 bits per heavy atom. The fraction of sp³-hybridized carbons (Fsp3) is 0. The number of imidazole rings is 1. The van der Waals surface area contributed by atoms with E-state index in [1.54, 1.807) is 0 Å². The zero-order valence-electron chi connectivity index (χ0n) is 30.9. The third-order valence-corrected chi connectivity index (χ3v) is 11.7. The molecule has 0 amide bonds. The molecule has 12 rings (SSSR count). The molecule has 10 aromatic carbocycles. The van der Waals surface area contributed by atoms with Crippen molar-refractivity contribution in [2.45, 2.75) is 0 Å². The van der Waals surface area contributed by atoms with E-state index in [2.05, 4.69) is 205 Å². The summed E-state index contributed by atoms with van der Waals surface area (Å²) in [4.78, 5) is 10.6. The van der Waals surface area contributed by atoms with Gasteiger partial charge in [0.15, 0.2) is 0 Å². The van der Waals surface area contributed by atoms with Crippen LogP contribution in [0.25, 0.3) is 115 Å². The molecule has 2 heterocycles.